The number of para-hydroxylation sites is 1. The molecule has 3 N–H and O–H groups in total. The highest BCUT2D eigenvalue weighted by Gasteiger charge is 2.26. The van der Waals surface area contributed by atoms with Crippen molar-refractivity contribution in [1.29, 1.82) is 0 Å². The van der Waals surface area contributed by atoms with E-state index in [1.54, 1.807) is 18.2 Å². The van der Waals surface area contributed by atoms with Crippen LogP contribution >= 0.6 is 0 Å². The van der Waals surface area contributed by atoms with Crippen LogP contribution in [0.4, 0.5) is 10.1 Å². The maximum Gasteiger partial charge on any atom is 0.243 e. The van der Waals surface area contributed by atoms with Gasteiger partial charge in [0.2, 0.25) is 5.91 Å². The Morgan fingerprint density at radius 3 is 2.81 bits per heavy atom. The topological polar surface area (TPSA) is 53.2 Å². The summed E-state index contributed by atoms with van der Waals surface area (Å²) in [6.45, 7) is 1.98. The number of hydrogen-bond acceptors (Lipinski definition) is 3. The van der Waals surface area contributed by atoms with Crippen LogP contribution in [0.5, 0.6) is 0 Å². The Hall–Kier alpha value is -1.46. The van der Waals surface area contributed by atoms with Gasteiger partial charge >= 0.3 is 0 Å². The maximum absolute atomic E-state index is 13.3. The van der Waals surface area contributed by atoms with Crippen molar-refractivity contribution >= 4 is 11.6 Å². The van der Waals surface area contributed by atoms with Crippen LogP contribution in [-0.2, 0) is 4.79 Å². The molecule has 0 radical (unpaired) electrons. The molecule has 1 fully saturated rings. The molecule has 1 aromatic rings. The Morgan fingerprint density at radius 1 is 1.44 bits per heavy atom. The molecule has 2 rings (SSSR count). The third-order valence-corrected chi connectivity index (χ3v) is 2.54. The smallest absolute Gasteiger partial charge is 0.243 e. The van der Waals surface area contributed by atoms with Gasteiger partial charge in [-0.15, -0.1) is 0 Å². The van der Waals surface area contributed by atoms with Crippen molar-refractivity contribution in [3.05, 3.63) is 30.1 Å². The van der Waals surface area contributed by atoms with Gasteiger partial charge in [-0.1, -0.05) is 12.1 Å². The van der Waals surface area contributed by atoms with Gasteiger partial charge in [-0.3, -0.25) is 10.2 Å². The molecule has 1 saturated heterocycles. The number of amides is 1. The van der Waals surface area contributed by atoms with Crippen molar-refractivity contribution in [2.75, 3.05) is 5.32 Å². The lowest BCUT2D eigenvalue weighted by atomic mass is 10.1. The van der Waals surface area contributed by atoms with E-state index in [1.165, 1.54) is 6.07 Å². The number of hydrogen-bond donors (Lipinski definition) is 3. The number of rotatable bonds is 2. The Morgan fingerprint density at radius 2 is 2.19 bits per heavy atom. The van der Waals surface area contributed by atoms with Gasteiger partial charge < -0.3 is 5.32 Å². The molecule has 1 aliphatic heterocycles. The molecule has 0 aromatic heterocycles. The van der Waals surface area contributed by atoms with E-state index in [1.807, 2.05) is 6.92 Å². The van der Waals surface area contributed by atoms with Gasteiger partial charge in [-0.25, -0.2) is 9.82 Å². The average molecular weight is 223 g/mol. The summed E-state index contributed by atoms with van der Waals surface area (Å²) >= 11 is 0. The first-order valence-corrected chi connectivity index (χ1v) is 5.23. The van der Waals surface area contributed by atoms with E-state index in [9.17, 15) is 9.18 Å². The summed E-state index contributed by atoms with van der Waals surface area (Å²) in [6.07, 6.45) is 0.695. The molecule has 1 amide bonds. The molecule has 16 heavy (non-hydrogen) atoms. The Bertz CT molecular complexity index is 397. The number of hydrazine groups is 1. The molecule has 1 heterocycles. The zero-order chi connectivity index (χ0) is 11.5. The normalized spacial score (nSPS) is 24.4. The molecule has 5 heteroatoms. The third kappa shape index (κ3) is 2.37. The molecule has 4 nitrogen and oxygen atoms in total. The molecule has 0 spiro atoms. The van der Waals surface area contributed by atoms with Gasteiger partial charge in [0.05, 0.1) is 5.69 Å². The molecule has 0 aliphatic carbocycles. The molecule has 1 aliphatic rings. The second-order valence-corrected chi connectivity index (χ2v) is 3.95. The van der Waals surface area contributed by atoms with Crippen molar-refractivity contribution in [2.24, 2.45) is 0 Å². The number of anilines is 1. The standard InChI is InChI=1S/C11H14FN3O/c1-7-6-10(15-14-7)11(16)13-9-5-3-2-4-8(9)12/h2-5,7,10,14-15H,6H2,1H3,(H,13,16). The van der Waals surface area contributed by atoms with Crippen LogP contribution in [0.3, 0.4) is 0 Å². The highest BCUT2D eigenvalue weighted by molar-refractivity contribution is 5.95. The van der Waals surface area contributed by atoms with E-state index in [2.05, 4.69) is 16.2 Å². The SMILES string of the molecule is CC1CC(C(=O)Nc2ccccc2F)NN1. The first kappa shape index (κ1) is 11.0. The van der Waals surface area contributed by atoms with Crippen molar-refractivity contribution in [2.45, 2.75) is 25.4 Å². The summed E-state index contributed by atoms with van der Waals surface area (Å²) in [4.78, 5) is 11.7. The maximum atomic E-state index is 13.3. The van der Waals surface area contributed by atoms with Gasteiger partial charge in [0, 0.05) is 6.04 Å². The molecule has 2 unspecified atom stereocenters. The summed E-state index contributed by atoms with van der Waals surface area (Å²) in [5, 5.41) is 2.56. The van der Waals surface area contributed by atoms with E-state index in [0.29, 0.717) is 6.42 Å². The number of halogens is 1. The van der Waals surface area contributed by atoms with Gasteiger partial charge in [0.1, 0.15) is 11.9 Å². The van der Waals surface area contributed by atoms with Gasteiger partial charge in [-0.2, -0.15) is 0 Å². The lowest BCUT2D eigenvalue weighted by Gasteiger charge is -2.10. The lowest BCUT2D eigenvalue weighted by Crippen LogP contribution is -2.40. The molecule has 1 aromatic carbocycles. The van der Waals surface area contributed by atoms with Crippen LogP contribution in [-0.4, -0.2) is 18.0 Å². The molecule has 2 atom stereocenters. The Labute approximate surface area is 93.2 Å². The number of nitrogens with one attached hydrogen (secondary N) is 3. The van der Waals surface area contributed by atoms with Gasteiger partial charge in [0.15, 0.2) is 0 Å². The van der Waals surface area contributed by atoms with E-state index < -0.39 is 5.82 Å². The summed E-state index contributed by atoms with van der Waals surface area (Å²) < 4.78 is 13.3. The van der Waals surface area contributed by atoms with Crippen molar-refractivity contribution in [3.63, 3.8) is 0 Å². The third-order valence-electron chi connectivity index (χ3n) is 2.54. The van der Waals surface area contributed by atoms with E-state index in [4.69, 9.17) is 0 Å². The van der Waals surface area contributed by atoms with E-state index >= 15 is 0 Å². The molecule has 0 bridgehead atoms. The highest BCUT2D eigenvalue weighted by atomic mass is 19.1. The van der Waals surface area contributed by atoms with Gasteiger partial charge in [-0.05, 0) is 25.5 Å². The second-order valence-electron chi connectivity index (χ2n) is 3.95. The molecular weight excluding hydrogens is 209 g/mol. The molecular formula is C11H14FN3O. The van der Waals surface area contributed by atoms with Crippen LogP contribution in [0.25, 0.3) is 0 Å². The van der Waals surface area contributed by atoms with Crippen LogP contribution in [0, 0.1) is 5.82 Å². The van der Waals surface area contributed by atoms with Crippen molar-refractivity contribution < 1.29 is 9.18 Å². The number of benzene rings is 1. The monoisotopic (exact) mass is 223 g/mol. The summed E-state index contributed by atoms with van der Waals surface area (Å²) in [5.74, 6) is -0.642. The van der Waals surface area contributed by atoms with Crippen LogP contribution in [0.15, 0.2) is 24.3 Å². The largest absolute Gasteiger partial charge is 0.322 e. The van der Waals surface area contributed by atoms with Gasteiger partial charge in [0.25, 0.3) is 0 Å². The van der Waals surface area contributed by atoms with Crippen molar-refractivity contribution in [1.82, 2.24) is 10.9 Å². The minimum Gasteiger partial charge on any atom is -0.322 e. The van der Waals surface area contributed by atoms with E-state index in [-0.39, 0.29) is 23.7 Å². The second kappa shape index (κ2) is 4.59. The Kier molecular flexibility index (Phi) is 3.17. The first-order chi connectivity index (χ1) is 7.66. The first-order valence-electron chi connectivity index (χ1n) is 5.23. The number of carbonyl (C=O) groups is 1. The molecule has 86 valence electrons. The average Bonchev–Trinajstić information content (AvgIpc) is 2.68. The molecule has 0 saturated carbocycles. The fourth-order valence-corrected chi connectivity index (χ4v) is 1.67. The zero-order valence-electron chi connectivity index (χ0n) is 8.96. The highest BCUT2D eigenvalue weighted by Crippen LogP contribution is 2.14. The minimum atomic E-state index is -0.421. The van der Waals surface area contributed by atoms with Crippen molar-refractivity contribution in [3.8, 4) is 0 Å². The Balaban J connectivity index is 2.00. The minimum absolute atomic E-state index is 0.217. The summed E-state index contributed by atoms with van der Waals surface area (Å²) in [7, 11) is 0. The summed E-state index contributed by atoms with van der Waals surface area (Å²) in [5.41, 5.74) is 6.02. The number of carbonyl (C=O) groups excluding carboxylic acids is 1. The zero-order valence-corrected chi connectivity index (χ0v) is 8.96. The van der Waals surface area contributed by atoms with Crippen LogP contribution in [0.2, 0.25) is 0 Å². The lowest BCUT2D eigenvalue weighted by molar-refractivity contribution is -0.117. The summed E-state index contributed by atoms with van der Waals surface area (Å²) in [6, 6.07) is 6.06. The fraction of sp³-hybridized carbons (Fsp3) is 0.364. The predicted octanol–water partition coefficient (Wildman–Crippen LogP) is 1.02. The van der Waals surface area contributed by atoms with Crippen LogP contribution in [0.1, 0.15) is 13.3 Å². The fourth-order valence-electron chi connectivity index (χ4n) is 1.67. The quantitative estimate of drug-likeness (QED) is 0.701. The van der Waals surface area contributed by atoms with Crippen LogP contribution < -0.4 is 16.2 Å². The van der Waals surface area contributed by atoms with E-state index in [0.717, 1.165) is 0 Å². The predicted molar refractivity (Wildman–Crippen MR) is 59.2 cm³/mol.